The van der Waals surface area contributed by atoms with Crippen LogP contribution in [0.25, 0.3) is 11.5 Å². The van der Waals surface area contributed by atoms with Gasteiger partial charge in [-0.25, -0.2) is 27.8 Å². The number of hydrogen-bond donors (Lipinski definition) is 0. The van der Waals surface area contributed by atoms with Crippen LogP contribution in [-0.2, 0) is 17.9 Å². The average molecular weight is 422 g/mol. The fourth-order valence-electron chi connectivity index (χ4n) is 3.53. The number of thiazole rings is 1. The maximum absolute atomic E-state index is 14.2. The second kappa shape index (κ2) is 8.23. The molecule has 5 nitrogen and oxygen atoms in total. The lowest BCUT2D eigenvalue weighted by molar-refractivity contribution is -0.0447. The third-order valence-corrected chi connectivity index (χ3v) is 5.78. The monoisotopic (exact) mass is 422 g/mol. The van der Waals surface area contributed by atoms with Crippen molar-refractivity contribution in [2.75, 3.05) is 0 Å². The van der Waals surface area contributed by atoms with E-state index in [0.717, 1.165) is 5.56 Å². The summed E-state index contributed by atoms with van der Waals surface area (Å²) in [5, 5.41) is 6.27. The number of ether oxygens (including phenoxy) is 1. The first-order valence-electron chi connectivity index (χ1n) is 9.49. The molecule has 0 spiro atoms. The lowest BCUT2D eigenvalue weighted by Crippen LogP contribution is -2.27. The highest BCUT2D eigenvalue weighted by atomic mass is 32.1. The van der Waals surface area contributed by atoms with Crippen molar-refractivity contribution in [3.63, 3.8) is 0 Å². The van der Waals surface area contributed by atoms with Crippen molar-refractivity contribution in [3.05, 3.63) is 52.4 Å². The number of hydrogen-bond acceptors (Lipinski definition) is 5. The Balaban J connectivity index is 1.55. The summed E-state index contributed by atoms with van der Waals surface area (Å²) < 4.78 is 48.8. The molecule has 0 aliphatic heterocycles. The van der Waals surface area contributed by atoms with E-state index >= 15 is 0 Å². The van der Waals surface area contributed by atoms with Crippen LogP contribution in [0.2, 0.25) is 0 Å². The topological polar surface area (TPSA) is 52.8 Å². The van der Waals surface area contributed by atoms with E-state index in [2.05, 4.69) is 15.1 Å². The number of halogens is 3. The average Bonchev–Trinajstić information content (AvgIpc) is 3.42. The SMILES string of the molecule is CC(OCc1ccc(F)cc1)c1nc(-c2cscn2)nn1CC1CCCC1(F)F. The summed E-state index contributed by atoms with van der Waals surface area (Å²) >= 11 is 1.42. The van der Waals surface area contributed by atoms with Gasteiger partial charge in [-0.3, -0.25) is 0 Å². The minimum atomic E-state index is -2.69. The second-order valence-corrected chi connectivity index (χ2v) is 8.00. The Kier molecular flexibility index (Phi) is 5.69. The van der Waals surface area contributed by atoms with Crippen LogP contribution in [0.5, 0.6) is 0 Å². The Morgan fingerprint density at radius 3 is 2.76 bits per heavy atom. The molecule has 0 radical (unpaired) electrons. The fraction of sp³-hybridized carbons (Fsp3) is 0.450. The summed E-state index contributed by atoms with van der Waals surface area (Å²) in [4.78, 5) is 8.75. The molecule has 1 saturated carbocycles. The van der Waals surface area contributed by atoms with Crippen LogP contribution >= 0.6 is 11.3 Å². The number of rotatable bonds is 7. The largest absolute Gasteiger partial charge is 0.366 e. The summed E-state index contributed by atoms with van der Waals surface area (Å²) in [7, 11) is 0. The van der Waals surface area contributed by atoms with Gasteiger partial charge in [0.2, 0.25) is 5.82 Å². The van der Waals surface area contributed by atoms with E-state index in [1.807, 2.05) is 12.3 Å². The molecule has 4 rings (SSSR count). The van der Waals surface area contributed by atoms with Crippen LogP contribution in [0.15, 0.2) is 35.2 Å². The van der Waals surface area contributed by atoms with Gasteiger partial charge in [-0.2, -0.15) is 0 Å². The minimum absolute atomic E-state index is 0.0861. The molecular weight excluding hydrogens is 401 g/mol. The highest BCUT2D eigenvalue weighted by Gasteiger charge is 2.44. The van der Waals surface area contributed by atoms with Crippen molar-refractivity contribution in [3.8, 4) is 11.5 Å². The summed E-state index contributed by atoms with van der Waals surface area (Å²) in [6.45, 7) is 2.14. The van der Waals surface area contributed by atoms with Crippen LogP contribution in [0.1, 0.15) is 43.7 Å². The molecule has 1 fully saturated rings. The normalized spacial score (nSPS) is 19.5. The van der Waals surface area contributed by atoms with Gasteiger partial charge in [-0.1, -0.05) is 12.1 Å². The molecule has 3 aromatic rings. The summed E-state index contributed by atoms with van der Waals surface area (Å²) in [6.07, 6.45) is 0.410. The Bertz CT molecular complexity index is 943. The first-order valence-corrected chi connectivity index (χ1v) is 10.4. The molecule has 0 N–H and O–H groups in total. The number of nitrogens with zero attached hydrogens (tertiary/aromatic N) is 4. The molecule has 1 aliphatic carbocycles. The quantitative estimate of drug-likeness (QED) is 0.522. The van der Waals surface area contributed by atoms with Gasteiger partial charge in [0.25, 0.3) is 5.92 Å². The zero-order chi connectivity index (χ0) is 20.4. The van der Waals surface area contributed by atoms with E-state index in [1.165, 1.54) is 28.2 Å². The van der Waals surface area contributed by atoms with Gasteiger partial charge < -0.3 is 4.74 Å². The van der Waals surface area contributed by atoms with Gasteiger partial charge in [0.05, 0.1) is 18.7 Å². The molecule has 2 atom stereocenters. The lowest BCUT2D eigenvalue weighted by Gasteiger charge is -2.21. The van der Waals surface area contributed by atoms with E-state index in [9.17, 15) is 13.2 Å². The van der Waals surface area contributed by atoms with Crippen LogP contribution in [-0.4, -0.2) is 25.7 Å². The Labute approximate surface area is 170 Å². The molecule has 1 aliphatic rings. The molecule has 2 unspecified atom stereocenters. The number of benzene rings is 1. The third kappa shape index (κ3) is 4.51. The van der Waals surface area contributed by atoms with Gasteiger partial charge in [0, 0.05) is 17.7 Å². The maximum atomic E-state index is 14.2. The first kappa shape index (κ1) is 20.0. The molecule has 0 amide bonds. The highest BCUT2D eigenvalue weighted by molar-refractivity contribution is 7.07. The van der Waals surface area contributed by atoms with E-state index in [-0.39, 0.29) is 25.4 Å². The molecule has 29 heavy (non-hydrogen) atoms. The van der Waals surface area contributed by atoms with Gasteiger partial charge in [-0.05, 0) is 37.5 Å². The van der Waals surface area contributed by atoms with E-state index < -0.39 is 17.9 Å². The zero-order valence-corrected chi connectivity index (χ0v) is 16.7. The van der Waals surface area contributed by atoms with Gasteiger partial charge >= 0.3 is 0 Å². The van der Waals surface area contributed by atoms with Gasteiger partial charge in [0.1, 0.15) is 17.6 Å². The number of alkyl halides is 2. The van der Waals surface area contributed by atoms with Crippen molar-refractivity contribution in [2.45, 2.75) is 51.4 Å². The zero-order valence-electron chi connectivity index (χ0n) is 15.9. The predicted octanol–water partition coefficient (Wildman–Crippen LogP) is 5.25. The van der Waals surface area contributed by atoms with Crippen LogP contribution in [0.3, 0.4) is 0 Å². The van der Waals surface area contributed by atoms with Crippen LogP contribution < -0.4 is 0 Å². The molecule has 154 valence electrons. The molecule has 9 heteroatoms. The lowest BCUT2D eigenvalue weighted by atomic mass is 10.1. The van der Waals surface area contributed by atoms with E-state index in [4.69, 9.17) is 4.74 Å². The third-order valence-electron chi connectivity index (χ3n) is 5.19. The van der Waals surface area contributed by atoms with Crippen molar-refractivity contribution in [2.24, 2.45) is 5.92 Å². The standard InChI is InChI=1S/C20H21F3N4OS/c1-13(28-10-14-4-6-16(21)7-5-14)19-25-18(17-11-29-12-24-17)26-27(19)9-15-3-2-8-20(15,22)23/h4-7,11-13,15H,2-3,8-10H2,1H3. The van der Waals surface area contributed by atoms with Gasteiger partial charge in [0.15, 0.2) is 5.82 Å². The maximum Gasteiger partial charge on any atom is 0.252 e. The van der Waals surface area contributed by atoms with Crippen molar-refractivity contribution >= 4 is 11.3 Å². The smallest absolute Gasteiger partial charge is 0.252 e. The van der Waals surface area contributed by atoms with Crippen LogP contribution in [0.4, 0.5) is 13.2 Å². The van der Waals surface area contributed by atoms with Gasteiger partial charge in [-0.15, -0.1) is 16.4 Å². The number of aromatic nitrogens is 4. The highest BCUT2D eigenvalue weighted by Crippen LogP contribution is 2.41. The van der Waals surface area contributed by atoms with Crippen molar-refractivity contribution in [1.82, 2.24) is 19.7 Å². The Hall–Kier alpha value is -2.26. The Morgan fingerprint density at radius 2 is 2.10 bits per heavy atom. The molecule has 1 aromatic carbocycles. The predicted molar refractivity (Wildman–Crippen MR) is 103 cm³/mol. The van der Waals surface area contributed by atoms with Crippen molar-refractivity contribution in [1.29, 1.82) is 0 Å². The Morgan fingerprint density at radius 1 is 1.31 bits per heavy atom. The summed E-state index contributed by atoms with van der Waals surface area (Å²) in [5.41, 5.74) is 3.10. The van der Waals surface area contributed by atoms with Crippen molar-refractivity contribution < 1.29 is 17.9 Å². The molecule has 2 heterocycles. The molecule has 0 saturated heterocycles. The molecule has 2 aromatic heterocycles. The van der Waals surface area contributed by atoms with Crippen LogP contribution in [0, 0.1) is 11.7 Å². The second-order valence-electron chi connectivity index (χ2n) is 7.28. The molecular formula is C20H21F3N4OS. The van der Waals surface area contributed by atoms with E-state index in [0.29, 0.717) is 30.2 Å². The van der Waals surface area contributed by atoms with E-state index in [1.54, 1.807) is 17.6 Å². The first-order chi connectivity index (χ1) is 13.9. The molecule has 0 bridgehead atoms. The fourth-order valence-corrected chi connectivity index (χ4v) is 4.06. The summed E-state index contributed by atoms with van der Waals surface area (Å²) in [5.74, 6) is -2.89. The summed E-state index contributed by atoms with van der Waals surface area (Å²) in [6, 6.07) is 6.03. The minimum Gasteiger partial charge on any atom is -0.366 e.